The van der Waals surface area contributed by atoms with Crippen molar-refractivity contribution >= 4 is 17.3 Å². The van der Waals surface area contributed by atoms with E-state index in [0.29, 0.717) is 6.54 Å². The molecule has 17 heavy (non-hydrogen) atoms. The Morgan fingerprint density at radius 2 is 2.24 bits per heavy atom. The highest BCUT2D eigenvalue weighted by Crippen LogP contribution is 2.31. The Balaban J connectivity index is 1.86. The van der Waals surface area contributed by atoms with Gasteiger partial charge in [-0.25, -0.2) is 0 Å². The lowest BCUT2D eigenvalue weighted by Crippen LogP contribution is -2.15. The van der Waals surface area contributed by atoms with Crippen molar-refractivity contribution in [2.24, 2.45) is 5.92 Å². The molecule has 1 aliphatic carbocycles. The Hall–Kier alpha value is -1.13. The third-order valence-corrected chi connectivity index (χ3v) is 3.28. The molecule has 1 saturated carbocycles. The smallest absolute Gasteiger partial charge is 0.288 e. The molecule has 0 amide bonds. The first kappa shape index (κ1) is 12.3. The standard InChI is InChI=1S/C12H15ClN2O2/c13-11-4-3-10(7-12(11)15(16)17)8-14-6-5-9-1-2-9/h3-4,7,9,14H,1-2,5-6,8H2. The average molecular weight is 255 g/mol. The summed E-state index contributed by atoms with van der Waals surface area (Å²) in [6.45, 7) is 1.63. The summed E-state index contributed by atoms with van der Waals surface area (Å²) in [5.41, 5.74) is 0.880. The van der Waals surface area contributed by atoms with Gasteiger partial charge >= 0.3 is 0 Å². The minimum absolute atomic E-state index is 0.0202. The van der Waals surface area contributed by atoms with Crippen LogP contribution in [0.25, 0.3) is 0 Å². The quantitative estimate of drug-likeness (QED) is 0.482. The monoisotopic (exact) mass is 254 g/mol. The first-order valence-electron chi connectivity index (χ1n) is 5.80. The minimum atomic E-state index is -0.448. The van der Waals surface area contributed by atoms with Crippen LogP contribution in [-0.2, 0) is 6.54 Å². The van der Waals surface area contributed by atoms with Gasteiger partial charge in [0, 0.05) is 12.6 Å². The zero-order valence-corrected chi connectivity index (χ0v) is 10.2. The number of nitrogens with one attached hydrogen (secondary N) is 1. The van der Waals surface area contributed by atoms with Gasteiger partial charge in [0.2, 0.25) is 0 Å². The summed E-state index contributed by atoms with van der Waals surface area (Å²) in [6.07, 6.45) is 3.91. The third-order valence-electron chi connectivity index (χ3n) is 2.96. The molecule has 0 spiro atoms. The fraction of sp³-hybridized carbons (Fsp3) is 0.500. The number of halogens is 1. The number of nitro groups is 1. The van der Waals surface area contributed by atoms with E-state index >= 15 is 0 Å². The normalized spacial score (nSPS) is 14.9. The van der Waals surface area contributed by atoms with Gasteiger partial charge in [-0.2, -0.15) is 0 Å². The largest absolute Gasteiger partial charge is 0.313 e. The van der Waals surface area contributed by atoms with Crippen LogP contribution in [0.4, 0.5) is 5.69 Å². The zero-order chi connectivity index (χ0) is 12.3. The predicted octanol–water partition coefficient (Wildman–Crippen LogP) is 3.14. The minimum Gasteiger partial charge on any atom is -0.313 e. The van der Waals surface area contributed by atoms with Gasteiger partial charge in [-0.3, -0.25) is 10.1 Å². The molecule has 0 unspecified atom stereocenters. The van der Waals surface area contributed by atoms with E-state index in [9.17, 15) is 10.1 Å². The Labute approximate surface area is 105 Å². The lowest BCUT2D eigenvalue weighted by Gasteiger charge is -2.04. The van der Waals surface area contributed by atoms with Crippen LogP contribution in [0.3, 0.4) is 0 Å². The topological polar surface area (TPSA) is 55.2 Å². The lowest BCUT2D eigenvalue weighted by atomic mass is 10.2. The molecule has 0 aromatic heterocycles. The molecule has 1 aromatic rings. The molecule has 92 valence electrons. The Morgan fingerprint density at radius 3 is 2.88 bits per heavy atom. The van der Waals surface area contributed by atoms with Crippen molar-refractivity contribution in [3.8, 4) is 0 Å². The van der Waals surface area contributed by atoms with Crippen LogP contribution in [0.2, 0.25) is 5.02 Å². The first-order chi connectivity index (χ1) is 8.16. The zero-order valence-electron chi connectivity index (χ0n) is 9.49. The van der Waals surface area contributed by atoms with E-state index in [1.807, 2.05) is 6.07 Å². The summed E-state index contributed by atoms with van der Waals surface area (Å²) >= 11 is 5.74. The first-order valence-corrected chi connectivity index (χ1v) is 6.18. The molecule has 1 aliphatic rings. The van der Waals surface area contributed by atoms with Crippen LogP contribution in [0.1, 0.15) is 24.8 Å². The number of benzene rings is 1. The van der Waals surface area contributed by atoms with Gasteiger partial charge in [0.15, 0.2) is 0 Å². The van der Waals surface area contributed by atoms with Crippen molar-refractivity contribution in [3.63, 3.8) is 0 Å². The highest BCUT2D eigenvalue weighted by molar-refractivity contribution is 6.32. The predicted molar refractivity (Wildman–Crippen MR) is 67.2 cm³/mol. The molecule has 5 heteroatoms. The fourth-order valence-corrected chi connectivity index (χ4v) is 1.94. The second kappa shape index (κ2) is 5.47. The highest BCUT2D eigenvalue weighted by Gasteiger charge is 2.20. The Kier molecular flexibility index (Phi) is 3.97. The summed E-state index contributed by atoms with van der Waals surface area (Å²) in [7, 11) is 0. The summed E-state index contributed by atoms with van der Waals surface area (Å²) in [5.74, 6) is 0.905. The van der Waals surface area contributed by atoms with E-state index in [0.717, 1.165) is 18.0 Å². The van der Waals surface area contributed by atoms with Crippen LogP contribution in [-0.4, -0.2) is 11.5 Å². The molecule has 0 aliphatic heterocycles. The summed E-state index contributed by atoms with van der Waals surface area (Å²) < 4.78 is 0. The van der Waals surface area contributed by atoms with Gasteiger partial charge in [-0.1, -0.05) is 30.5 Å². The van der Waals surface area contributed by atoms with Crippen molar-refractivity contribution in [3.05, 3.63) is 38.9 Å². The van der Waals surface area contributed by atoms with E-state index in [4.69, 9.17) is 11.6 Å². The van der Waals surface area contributed by atoms with Crippen molar-refractivity contribution in [2.75, 3.05) is 6.54 Å². The molecule has 4 nitrogen and oxygen atoms in total. The Morgan fingerprint density at radius 1 is 1.47 bits per heavy atom. The maximum absolute atomic E-state index is 10.7. The van der Waals surface area contributed by atoms with Gasteiger partial charge in [-0.05, 0) is 30.5 Å². The molecule has 0 saturated heterocycles. The average Bonchev–Trinajstić information content (AvgIpc) is 3.10. The number of nitrogens with zero attached hydrogens (tertiary/aromatic N) is 1. The molecule has 0 heterocycles. The number of rotatable bonds is 6. The second-order valence-electron chi connectivity index (χ2n) is 4.45. The van der Waals surface area contributed by atoms with Gasteiger partial charge in [0.25, 0.3) is 5.69 Å². The van der Waals surface area contributed by atoms with Gasteiger partial charge in [-0.15, -0.1) is 0 Å². The molecule has 2 rings (SSSR count). The van der Waals surface area contributed by atoms with Crippen molar-refractivity contribution in [1.82, 2.24) is 5.32 Å². The Bertz CT molecular complexity index is 419. The van der Waals surface area contributed by atoms with E-state index in [-0.39, 0.29) is 10.7 Å². The molecule has 0 bridgehead atoms. The van der Waals surface area contributed by atoms with Crippen molar-refractivity contribution in [2.45, 2.75) is 25.8 Å². The van der Waals surface area contributed by atoms with Gasteiger partial charge < -0.3 is 5.32 Å². The van der Waals surface area contributed by atoms with Crippen LogP contribution in [0, 0.1) is 16.0 Å². The molecule has 1 N–H and O–H groups in total. The lowest BCUT2D eigenvalue weighted by molar-refractivity contribution is -0.384. The maximum Gasteiger partial charge on any atom is 0.288 e. The van der Waals surface area contributed by atoms with E-state index < -0.39 is 4.92 Å². The number of hydrogen-bond acceptors (Lipinski definition) is 3. The fourth-order valence-electron chi connectivity index (χ4n) is 1.75. The van der Waals surface area contributed by atoms with Crippen LogP contribution < -0.4 is 5.32 Å². The van der Waals surface area contributed by atoms with E-state index in [1.165, 1.54) is 25.3 Å². The third kappa shape index (κ3) is 3.68. The van der Waals surface area contributed by atoms with E-state index in [2.05, 4.69) is 5.32 Å². The summed E-state index contributed by atoms with van der Waals surface area (Å²) in [6, 6.07) is 4.93. The van der Waals surface area contributed by atoms with Gasteiger partial charge in [0.05, 0.1) is 4.92 Å². The van der Waals surface area contributed by atoms with E-state index in [1.54, 1.807) is 6.07 Å². The SMILES string of the molecule is O=[N+]([O-])c1cc(CNCCC2CC2)ccc1Cl. The molecule has 0 atom stereocenters. The molecule has 0 radical (unpaired) electrons. The number of hydrogen-bond donors (Lipinski definition) is 1. The summed E-state index contributed by atoms with van der Waals surface area (Å²) in [4.78, 5) is 10.3. The van der Waals surface area contributed by atoms with Crippen LogP contribution in [0.5, 0.6) is 0 Å². The summed E-state index contributed by atoms with van der Waals surface area (Å²) in [5, 5.41) is 14.2. The number of nitro benzene ring substituents is 1. The molecule has 1 aromatic carbocycles. The molecule has 1 fully saturated rings. The molecular formula is C12H15ClN2O2. The second-order valence-corrected chi connectivity index (χ2v) is 4.86. The highest BCUT2D eigenvalue weighted by atomic mass is 35.5. The molecular weight excluding hydrogens is 240 g/mol. The van der Waals surface area contributed by atoms with Crippen molar-refractivity contribution < 1.29 is 4.92 Å². The van der Waals surface area contributed by atoms with Gasteiger partial charge in [0.1, 0.15) is 5.02 Å². The maximum atomic E-state index is 10.7. The van der Waals surface area contributed by atoms with Crippen LogP contribution >= 0.6 is 11.6 Å². The van der Waals surface area contributed by atoms with Crippen molar-refractivity contribution in [1.29, 1.82) is 0 Å². The van der Waals surface area contributed by atoms with Crippen LogP contribution in [0.15, 0.2) is 18.2 Å².